The normalized spacial score (nSPS) is 18.3. The maximum Gasteiger partial charge on any atom is 0.267 e. The van der Waals surface area contributed by atoms with Gasteiger partial charge in [0.2, 0.25) is 0 Å². The first-order valence-corrected chi connectivity index (χ1v) is 8.08. The van der Waals surface area contributed by atoms with Crippen molar-refractivity contribution in [3.63, 3.8) is 0 Å². The first-order chi connectivity index (χ1) is 11.2. The third-order valence-electron chi connectivity index (χ3n) is 4.46. The Balaban J connectivity index is 1.75. The molecule has 1 atom stereocenters. The zero-order chi connectivity index (χ0) is 16.2. The molecule has 0 spiro atoms. The van der Waals surface area contributed by atoms with E-state index in [4.69, 9.17) is 4.74 Å². The largest absolute Gasteiger partial charge is 0.496 e. The zero-order valence-corrected chi connectivity index (χ0v) is 13.7. The van der Waals surface area contributed by atoms with E-state index in [9.17, 15) is 4.79 Å². The molecule has 0 unspecified atom stereocenters. The number of ether oxygens (including phenoxy) is 1. The Kier molecular flexibility index (Phi) is 4.76. The fourth-order valence-electron chi connectivity index (χ4n) is 3.26. The van der Waals surface area contributed by atoms with Gasteiger partial charge in [-0.1, -0.05) is 18.2 Å². The molecule has 5 nitrogen and oxygen atoms in total. The van der Waals surface area contributed by atoms with Gasteiger partial charge in [0.05, 0.1) is 19.5 Å². The van der Waals surface area contributed by atoms with Crippen molar-refractivity contribution in [3.05, 3.63) is 58.0 Å². The van der Waals surface area contributed by atoms with E-state index in [1.165, 1.54) is 5.56 Å². The minimum atomic E-state index is -0.0430. The second-order valence-corrected chi connectivity index (χ2v) is 6.08. The number of aryl methyl sites for hydroxylation is 1. The van der Waals surface area contributed by atoms with Crippen LogP contribution in [0.1, 0.15) is 24.1 Å². The zero-order valence-electron chi connectivity index (χ0n) is 13.7. The van der Waals surface area contributed by atoms with Crippen LogP contribution in [0.4, 0.5) is 0 Å². The molecule has 1 saturated heterocycles. The van der Waals surface area contributed by atoms with E-state index in [0.29, 0.717) is 12.7 Å². The molecule has 23 heavy (non-hydrogen) atoms. The van der Waals surface area contributed by atoms with Crippen LogP contribution in [0.2, 0.25) is 0 Å². The van der Waals surface area contributed by atoms with Gasteiger partial charge in [-0.15, -0.1) is 0 Å². The number of hydrogen-bond acceptors (Lipinski definition) is 4. The van der Waals surface area contributed by atoms with Crippen molar-refractivity contribution in [1.82, 2.24) is 14.7 Å². The summed E-state index contributed by atoms with van der Waals surface area (Å²) in [5.41, 5.74) is 2.04. The molecule has 3 rings (SSSR count). The highest BCUT2D eigenvalue weighted by atomic mass is 16.5. The van der Waals surface area contributed by atoms with E-state index in [2.05, 4.69) is 16.1 Å². The quantitative estimate of drug-likeness (QED) is 0.849. The van der Waals surface area contributed by atoms with E-state index in [-0.39, 0.29) is 5.56 Å². The highest BCUT2D eigenvalue weighted by Gasteiger charge is 2.26. The molecule has 122 valence electrons. The van der Waals surface area contributed by atoms with Crippen molar-refractivity contribution in [3.8, 4) is 5.75 Å². The van der Waals surface area contributed by atoms with Crippen molar-refractivity contribution in [2.24, 2.45) is 0 Å². The van der Waals surface area contributed by atoms with Gasteiger partial charge in [-0.05, 0) is 43.9 Å². The van der Waals surface area contributed by atoms with Gasteiger partial charge < -0.3 is 4.74 Å². The minimum Gasteiger partial charge on any atom is -0.496 e. The van der Waals surface area contributed by atoms with E-state index >= 15 is 0 Å². The van der Waals surface area contributed by atoms with Gasteiger partial charge in [0.15, 0.2) is 0 Å². The molecule has 2 heterocycles. The number of hydrogen-bond donors (Lipinski definition) is 0. The van der Waals surface area contributed by atoms with Crippen LogP contribution in [0.25, 0.3) is 0 Å². The van der Waals surface area contributed by atoms with Gasteiger partial charge in [-0.3, -0.25) is 9.69 Å². The van der Waals surface area contributed by atoms with Gasteiger partial charge in [0, 0.05) is 18.7 Å². The van der Waals surface area contributed by atoms with E-state index in [0.717, 1.165) is 37.3 Å². The average molecular weight is 313 g/mol. The van der Waals surface area contributed by atoms with E-state index in [1.807, 2.05) is 25.1 Å². The Bertz CT molecular complexity index is 726. The molecule has 0 radical (unpaired) electrons. The van der Waals surface area contributed by atoms with Crippen molar-refractivity contribution < 1.29 is 4.74 Å². The first kappa shape index (κ1) is 15.7. The van der Waals surface area contributed by atoms with Crippen molar-refractivity contribution in [1.29, 1.82) is 0 Å². The van der Waals surface area contributed by atoms with Crippen LogP contribution in [-0.2, 0) is 13.1 Å². The summed E-state index contributed by atoms with van der Waals surface area (Å²) in [7, 11) is 1.71. The maximum absolute atomic E-state index is 12.0. The van der Waals surface area contributed by atoms with Gasteiger partial charge in [0.25, 0.3) is 5.56 Å². The summed E-state index contributed by atoms with van der Waals surface area (Å²) in [4.78, 5) is 14.3. The van der Waals surface area contributed by atoms with Gasteiger partial charge in [0.1, 0.15) is 5.75 Å². The summed E-state index contributed by atoms with van der Waals surface area (Å²) < 4.78 is 7.02. The standard InChI is InChI=1S/C18H23N3O2/c1-14-9-10-18(22)21(19-14)13-20-11-5-7-16(20)12-15-6-3-4-8-17(15)23-2/h3-4,6,8-10,16H,5,7,11-13H2,1-2H3/t16-/m0/s1. The molecule has 1 aromatic carbocycles. The highest BCUT2D eigenvalue weighted by Crippen LogP contribution is 2.26. The molecule has 0 aliphatic carbocycles. The number of aromatic nitrogens is 2. The Morgan fingerprint density at radius 2 is 2.09 bits per heavy atom. The monoisotopic (exact) mass is 313 g/mol. The van der Waals surface area contributed by atoms with Crippen LogP contribution in [-0.4, -0.2) is 34.4 Å². The van der Waals surface area contributed by atoms with E-state index < -0.39 is 0 Å². The Hall–Kier alpha value is -2.14. The van der Waals surface area contributed by atoms with Crippen LogP contribution >= 0.6 is 0 Å². The third kappa shape index (κ3) is 3.62. The second-order valence-electron chi connectivity index (χ2n) is 6.08. The topological polar surface area (TPSA) is 47.4 Å². The van der Waals surface area contributed by atoms with Crippen LogP contribution in [0, 0.1) is 6.92 Å². The molecule has 2 aromatic rings. The lowest BCUT2D eigenvalue weighted by Crippen LogP contribution is -2.37. The fraction of sp³-hybridized carbons (Fsp3) is 0.444. The second kappa shape index (κ2) is 6.96. The molecule has 1 aromatic heterocycles. The summed E-state index contributed by atoms with van der Waals surface area (Å²) in [5.74, 6) is 0.935. The number of nitrogens with zero attached hydrogens (tertiary/aromatic N) is 3. The van der Waals surface area contributed by atoms with Gasteiger partial charge in [-0.2, -0.15) is 5.10 Å². The molecule has 1 aliphatic heterocycles. The molecule has 5 heteroatoms. The Morgan fingerprint density at radius 3 is 2.91 bits per heavy atom. The molecule has 0 amide bonds. The van der Waals surface area contributed by atoms with E-state index in [1.54, 1.807) is 23.9 Å². The number of para-hydroxylation sites is 1. The van der Waals surface area contributed by atoms with Gasteiger partial charge in [-0.25, -0.2) is 4.68 Å². The fourth-order valence-corrected chi connectivity index (χ4v) is 3.26. The predicted molar refractivity (Wildman–Crippen MR) is 89.7 cm³/mol. The number of benzene rings is 1. The molecule has 1 aliphatic rings. The summed E-state index contributed by atoms with van der Waals surface area (Å²) in [6.07, 6.45) is 3.23. The lowest BCUT2D eigenvalue weighted by atomic mass is 10.0. The Morgan fingerprint density at radius 1 is 1.26 bits per heavy atom. The molecule has 0 saturated carbocycles. The maximum atomic E-state index is 12.0. The predicted octanol–water partition coefficient (Wildman–Crippen LogP) is 2.22. The molecular formula is C18H23N3O2. The van der Waals surface area contributed by atoms with Crippen LogP contribution in [0.3, 0.4) is 0 Å². The summed E-state index contributed by atoms with van der Waals surface area (Å²) in [6.45, 7) is 3.47. The number of likely N-dealkylation sites (tertiary alicyclic amines) is 1. The summed E-state index contributed by atoms with van der Waals surface area (Å²) in [5, 5.41) is 4.35. The van der Waals surface area contributed by atoms with Crippen LogP contribution in [0.5, 0.6) is 5.75 Å². The smallest absolute Gasteiger partial charge is 0.267 e. The lowest BCUT2D eigenvalue weighted by molar-refractivity contribution is 0.183. The Labute approximate surface area is 136 Å². The molecule has 0 N–H and O–H groups in total. The third-order valence-corrected chi connectivity index (χ3v) is 4.46. The first-order valence-electron chi connectivity index (χ1n) is 8.08. The molecule has 1 fully saturated rings. The van der Waals surface area contributed by atoms with Crippen molar-refractivity contribution in [2.45, 2.75) is 38.9 Å². The summed E-state index contributed by atoms with van der Waals surface area (Å²) in [6, 6.07) is 11.9. The molecule has 0 bridgehead atoms. The average Bonchev–Trinajstić information content (AvgIpc) is 2.98. The van der Waals surface area contributed by atoms with Crippen molar-refractivity contribution >= 4 is 0 Å². The van der Waals surface area contributed by atoms with Crippen molar-refractivity contribution in [2.75, 3.05) is 13.7 Å². The lowest BCUT2D eigenvalue weighted by Gasteiger charge is -2.25. The number of rotatable bonds is 5. The number of methoxy groups -OCH3 is 1. The minimum absolute atomic E-state index is 0.0430. The van der Waals surface area contributed by atoms with Crippen LogP contribution < -0.4 is 10.3 Å². The highest BCUT2D eigenvalue weighted by molar-refractivity contribution is 5.34. The van der Waals surface area contributed by atoms with Gasteiger partial charge >= 0.3 is 0 Å². The van der Waals surface area contributed by atoms with Crippen LogP contribution in [0.15, 0.2) is 41.2 Å². The molecular weight excluding hydrogens is 290 g/mol. The summed E-state index contributed by atoms with van der Waals surface area (Å²) >= 11 is 0. The SMILES string of the molecule is COc1ccccc1C[C@@H]1CCCN1Cn1nc(C)ccc1=O.